The highest BCUT2D eigenvalue weighted by atomic mass is 32.2. The molecule has 1 atom stereocenters. The summed E-state index contributed by atoms with van der Waals surface area (Å²) in [5, 5.41) is 20.0. The van der Waals surface area contributed by atoms with Crippen molar-refractivity contribution >= 4 is 40.1 Å². The Bertz CT molecular complexity index is 690. The molecule has 0 saturated carbocycles. The van der Waals surface area contributed by atoms with Crippen LogP contribution in [0.2, 0.25) is 0 Å². The predicted octanol–water partition coefficient (Wildman–Crippen LogP) is 1.93. The Balaban J connectivity index is 2.23. The number of thioether (sulfide) groups is 1. The Labute approximate surface area is 135 Å². The van der Waals surface area contributed by atoms with Gasteiger partial charge in [-0.15, -0.1) is 0 Å². The molecular weight excluding hydrogens is 324 g/mol. The summed E-state index contributed by atoms with van der Waals surface area (Å²) in [7, 11) is 0. The van der Waals surface area contributed by atoms with E-state index < -0.39 is 22.1 Å². The summed E-state index contributed by atoms with van der Waals surface area (Å²) in [6.07, 6.45) is 0.259. The summed E-state index contributed by atoms with van der Waals surface area (Å²) in [6, 6.07) is 3.61. The van der Waals surface area contributed by atoms with Gasteiger partial charge in [0.1, 0.15) is 5.56 Å². The van der Waals surface area contributed by atoms with Crippen LogP contribution < -0.4 is 4.90 Å². The molecule has 1 aliphatic heterocycles. The molecule has 1 heterocycles. The molecule has 0 aliphatic carbocycles. The van der Waals surface area contributed by atoms with Crippen molar-refractivity contribution in [1.29, 1.82) is 0 Å². The van der Waals surface area contributed by atoms with E-state index in [9.17, 15) is 24.5 Å². The molecule has 0 spiro atoms. The van der Waals surface area contributed by atoms with Crippen molar-refractivity contribution in [3.63, 3.8) is 0 Å². The van der Waals surface area contributed by atoms with E-state index in [1.165, 1.54) is 17.9 Å². The monoisotopic (exact) mass is 338 g/mol. The van der Waals surface area contributed by atoms with Crippen LogP contribution in [0.4, 0.5) is 11.4 Å². The number of aromatic carboxylic acids is 1. The van der Waals surface area contributed by atoms with Gasteiger partial charge < -0.3 is 10.0 Å². The Morgan fingerprint density at radius 2 is 2.17 bits per heavy atom. The summed E-state index contributed by atoms with van der Waals surface area (Å²) >= 11 is 1.14. The van der Waals surface area contributed by atoms with E-state index in [0.29, 0.717) is 18.0 Å². The van der Waals surface area contributed by atoms with Crippen molar-refractivity contribution in [2.45, 2.75) is 13.3 Å². The first-order valence-corrected chi connectivity index (χ1v) is 7.73. The van der Waals surface area contributed by atoms with Gasteiger partial charge in [-0.25, -0.2) is 4.79 Å². The zero-order valence-electron chi connectivity index (χ0n) is 12.2. The number of nitro benzene ring substituents is 1. The van der Waals surface area contributed by atoms with E-state index >= 15 is 0 Å². The second-order valence-electron chi connectivity index (χ2n) is 5.14. The number of hydrogen-bond acceptors (Lipinski definition) is 6. The fourth-order valence-corrected chi connectivity index (χ4v) is 3.09. The molecule has 1 aliphatic rings. The number of hydrogen-bond donors (Lipinski definition) is 1. The first-order chi connectivity index (χ1) is 10.8. The molecule has 9 heteroatoms. The third kappa shape index (κ3) is 3.86. The van der Waals surface area contributed by atoms with Gasteiger partial charge in [-0.2, -0.15) is 0 Å². The van der Waals surface area contributed by atoms with E-state index in [2.05, 4.69) is 0 Å². The lowest BCUT2D eigenvalue weighted by Gasteiger charge is -2.16. The molecule has 1 aromatic carbocycles. The molecule has 1 aromatic rings. The Morgan fingerprint density at radius 1 is 1.48 bits per heavy atom. The van der Waals surface area contributed by atoms with E-state index in [1.54, 1.807) is 0 Å². The van der Waals surface area contributed by atoms with Crippen molar-refractivity contribution in [2.75, 3.05) is 17.2 Å². The second-order valence-corrected chi connectivity index (χ2v) is 6.34. The van der Waals surface area contributed by atoms with Crippen LogP contribution in [0.5, 0.6) is 0 Å². The van der Waals surface area contributed by atoms with Gasteiger partial charge in [-0.1, -0.05) is 11.8 Å². The van der Waals surface area contributed by atoms with Gasteiger partial charge >= 0.3 is 5.97 Å². The lowest BCUT2D eigenvalue weighted by Crippen LogP contribution is -2.25. The smallest absolute Gasteiger partial charge is 0.342 e. The van der Waals surface area contributed by atoms with Crippen LogP contribution in [0.15, 0.2) is 18.2 Å². The molecule has 2 rings (SSSR count). The van der Waals surface area contributed by atoms with Crippen molar-refractivity contribution in [2.24, 2.45) is 5.92 Å². The molecular formula is C14H14N2O6S. The van der Waals surface area contributed by atoms with Gasteiger partial charge in [-0.05, 0) is 18.1 Å². The minimum absolute atomic E-state index is 0.0189. The van der Waals surface area contributed by atoms with Crippen molar-refractivity contribution in [3.05, 3.63) is 33.9 Å². The van der Waals surface area contributed by atoms with Gasteiger partial charge in [0.05, 0.1) is 10.6 Å². The number of amides is 1. The van der Waals surface area contributed by atoms with E-state index in [1.807, 2.05) is 0 Å². The molecule has 0 bridgehead atoms. The van der Waals surface area contributed by atoms with Crippen molar-refractivity contribution < 1.29 is 24.4 Å². The number of benzene rings is 1. The first kappa shape index (κ1) is 16.9. The fourth-order valence-electron chi connectivity index (χ4n) is 2.40. The highest BCUT2D eigenvalue weighted by molar-refractivity contribution is 8.13. The van der Waals surface area contributed by atoms with Crippen LogP contribution in [0.3, 0.4) is 0 Å². The molecule has 1 N–H and O–H groups in total. The number of nitrogens with zero attached hydrogens (tertiary/aromatic N) is 2. The van der Waals surface area contributed by atoms with Crippen LogP contribution >= 0.6 is 11.8 Å². The highest BCUT2D eigenvalue weighted by Gasteiger charge is 2.32. The standard InChI is InChI=1S/C14H14N2O6S/c1-8(17)23-7-9-4-13(18)15(6-9)10-2-3-11(14(19)20)12(5-10)16(21)22/h2-3,5,9H,4,6-7H2,1H3,(H,19,20). The van der Waals surface area contributed by atoms with Crippen molar-refractivity contribution in [1.82, 2.24) is 0 Å². The molecule has 8 nitrogen and oxygen atoms in total. The maximum absolute atomic E-state index is 12.1. The van der Waals surface area contributed by atoms with Crippen LogP contribution in [0.25, 0.3) is 0 Å². The summed E-state index contributed by atoms with van der Waals surface area (Å²) in [6.45, 7) is 1.80. The van der Waals surface area contributed by atoms with Crippen LogP contribution in [0.1, 0.15) is 23.7 Å². The number of nitro groups is 1. The lowest BCUT2D eigenvalue weighted by molar-refractivity contribution is -0.385. The topological polar surface area (TPSA) is 118 Å². The third-order valence-corrected chi connectivity index (χ3v) is 4.49. The van der Waals surface area contributed by atoms with Crippen LogP contribution in [-0.2, 0) is 9.59 Å². The zero-order valence-corrected chi connectivity index (χ0v) is 13.0. The van der Waals surface area contributed by atoms with Gasteiger partial charge in [0.15, 0.2) is 5.12 Å². The maximum atomic E-state index is 12.1. The van der Waals surface area contributed by atoms with Crippen LogP contribution in [-0.4, -0.2) is 39.3 Å². The number of carboxylic acid groups (broad SMARTS) is 1. The highest BCUT2D eigenvalue weighted by Crippen LogP contribution is 2.31. The van der Waals surface area contributed by atoms with Gasteiger partial charge in [-0.3, -0.25) is 19.7 Å². The quantitative estimate of drug-likeness (QED) is 0.643. The van der Waals surface area contributed by atoms with Crippen LogP contribution in [0, 0.1) is 16.0 Å². The normalized spacial score (nSPS) is 17.3. The Morgan fingerprint density at radius 3 is 2.74 bits per heavy atom. The van der Waals surface area contributed by atoms with E-state index in [0.717, 1.165) is 23.9 Å². The average Bonchev–Trinajstić information content (AvgIpc) is 2.85. The van der Waals surface area contributed by atoms with Gasteiger partial charge in [0.2, 0.25) is 5.91 Å². The minimum atomic E-state index is -1.40. The first-order valence-electron chi connectivity index (χ1n) is 6.75. The Hall–Kier alpha value is -2.42. The van der Waals surface area contributed by atoms with Gasteiger partial charge in [0, 0.05) is 31.7 Å². The molecule has 1 fully saturated rings. The fraction of sp³-hybridized carbons (Fsp3) is 0.357. The molecule has 0 aromatic heterocycles. The van der Waals surface area contributed by atoms with E-state index in [-0.39, 0.29) is 23.4 Å². The second kappa shape index (κ2) is 6.78. The number of carbonyl (C=O) groups excluding carboxylic acids is 2. The molecule has 0 radical (unpaired) electrons. The SMILES string of the molecule is CC(=O)SCC1CC(=O)N(c2ccc(C(=O)O)c([N+](=O)[O-])c2)C1. The summed E-state index contributed by atoms with van der Waals surface area (Å²) < 4.78 is 0. The van der Waals surface area contributed by atoms with Crippen molar-refractivity contribution in [3.8, 4) is 0 Å². The maximum Gasteiger partial charge on any atom is 0.342 e. The predicted molar refractivity (Wildman–Crippen MR) is 83.7 cm³/mol. The molecule has 1 saturated heterocycles. The molecule has 23 heavy (non-hydrogen) atoms. The lowest BCUT2D eigenvalue weighted by atomic mass is 10.1. The minimum Gasteiger partial charge on any atom is -0.477 e. The van der Waals surface area contributed by atoms with E-state index in [4.69, 9.17) is 5.11 Å². The summed E-state index contributed by atoms with van der Waals surface area (Å²) in [5.41, 5.74) is -0.680. The van der Waals surface area contributed by atoms with Gasteiger partial charge in [0.25, 0.3) is 5.69 Å². The average molecular weight is 338 g/mol. The number of carbonyl (C=O) groups is 3. The number of anilines is 1. The third-order valence-electron chi connectivity index (χ3n) is 3.45. The zero-order chi connectivity index (χ0) is 17.1. The molecule has 122 valence electrons. The summed E-state index contributed by atoms with van der Waals surface area (Å²) in [5.74, 6) is -1.11. The largest absolute Gasteiger partial charge is 0.477 e. The Kier molecular flexibility index (Phi) is 4.99. The number of rotatable bonds is 5. The number of carboxylic acids is 1. The summed E-state index contributed by atoms with van der Waals surface area (Å²) in [4.78, 5) is 45.7. The molecule has 1 unspecified atom stereocenters. The molecule has 1 amide bonds.